The molecule has 0 spiro atoms. The summed E-state index contributed by atoms with van der Waals surface area (Å²) in [6, 6.07) is 44.1. The summed E-state index contributed by atoms with van der Waals surface area (Å²) in [6.07, 6.45) is 6.21. The molecule has 2 aliphatic carbocycles. The molecule has 2 unspecified atom stereocenters. The zero-order valence-corrected chi connectivity index (χ0v) is 31.8. The summed E-state index contributed by atoms with van der Waals surface area (Å²) in [5.41, 5.74) is 15.2. The van der Waals surface area contributed by atoms with Crippen LogP contribution in [0, 0.1) is 0 Å². The summed E-state index contributed by atoms with van der Waals surface area (Å²) in [4.78, 5) is 0. The van der Waals surface area contributed by atoms with Crippen molar-refractivity contribution in [2.24, 2.45) is 0 Å². The van der Waals surface area contributed by atoms with Crippen molar-refractivity contribution in [3.8, 4) is 22.3 Å². The van der Waals surface area contributed by atoms with Crippen LogP contribution in [-0.4, -0.2) is 5.92 Å². The number of halogens is 2. The van der Waals surface area contributed by atoms with Gasteiger partial charge in [-0.15, -0.1) is 0 Å². The van der Waals surface area contributed by atoms with Crippen molar-refractivity contribution in [1.29, 1.82) is 0 Å². The summed E-state index contributed by atoms with van der Waals surface area (Å²) in [5, 5.41) is 5.33. The van der Waals surface area contributed by atoms with Crippen LogP contribution in [0.15, 0.2) is 121 Å². The molecule has 0 saturated carbocycles. The molecule has 46 heavy (non-hydrogen) atoms. The molecule has 0 bridgehead atoms. The van der Waals surface area contributed by atoms with E-state index in [2.05, 4.69) is 141 Å². The molecule has 228 valence electrons. The third kappa shape index (κ3) is 5.50. The topological polar surface area (TPSA) is 0 Å². The van der Waals surface area contributed by atoms with E-state index in [1.807, 2.05) is 0 Å². The molecule has 6 aromatic carbocycles. The van der Waals surface area contributed by atoms with Gasteiger partial charge in [0.05, 0.1) is 0 Å². The van der Waals surface area contributed by atoms with Gasteiger partial charge in [-0.05, 0) is 0 Å². The first kappa shape index (κ1) is 33.2. The van der Waals surface area contributed by atoms with Crippen LogP contribution in [0.2, 0.25) is 13.1 Å². The van der Waals surface area contributed by atoms with Crippen LogP contribution < -0.4 is 24.8 Å². The van der Waals surface area contributed by atoms with Crippen molar-refractivity contribution in [1.82, 2.24) is 0 Å². The van der Waals surface area contributed by atoms with Gasteiger partial charge < -0.3 is 24.8 Å². The van der Waals surface area contributed by atoms with Crippen LogP contribution in [0.1, 0.15) is 63.5 Å². The Labute approximate surface area is 298 Å². The van der Waals surface area contributed by atoms with E-state index in [9.17, 15) is 0 Å². The molecule has 0 aromatic heterocycles. The minimum atomic E-state index is -0.636. The molecule has 0 heterocycles. The first-order valence-corrected chi connectivity index (χ1v) is 24.9. The van der Waals surface area contributed by atoms with Gasteiger partial charge >= 0.3 is 270 Å². The number of fused-ring (bicyclic) bond motifs is 7. The van der Waals surface area contributed by atoms with E-state index in [0.29, 0.717) is 9.54 Å². The van der Waals surface area contributed by atoms with Crippen LogP contribution in [0.3, 0.4) is 0 Å². The third-order valence-corrected chi connectivity index (χ3v) is 19.7. The number of unbranched alkanes of at least 4 members (excludes halogenated alkanes) is 1. The molecule has 2 aliphatic rings. The molecule has 2 atom stereocenters. The molecule has 0 fully saturated rings. The molecule has 8 rings (SSSR count). The Morgan fingerprint density at radius 3 is 2.02 bits per heavy atom. The smallest absolute Gasteiger partial charge is 1.00 e. The maximum Gasteiger partial charge on any atom is -1.00 e. The van der Waals surface area contributed by atoms with E-state index >= 15 is 0 Å². The van der Waals surface area contributed by atoms with Crippen molar-refractivity contribution in [3.05, 3.63) is 149 Å². The predicted octanol–water partition coefficient (Wildman–Crippen LogP) is 5.52. The molecule has 0 nitrogen and oxygen atoms in total. The fraction of sp³-hybridized carbons (Fsp3) is 0.190. The Morgan fingerprint density at radius 1 is 0.609 bits per heavy atom. The van der Waals surface area contributed by atoms with Gasteiger partial charge in [-0.2, -0.15) is 0 Å². The number of rotatable bonds is 7. The number of allylic oxidation sites excluding steroid dienone is 1. The molecular formula is C42H38Cl2SiZr. The molecule has 0 saturated heterocycles. The largest absolute Gasteiger partial charge is 1.00 e. The molecule has 0 amide bonds. The minimum absolute atomic E-state index is 0. The van der Waals surface area contributed by atoms with Crippen LogP contribution in [0.4, 0.5) is 0 Å². The second kappa shape index (κ2) is 13.8. The zero-order valence-electron chi connectivity index (χ0n) is 26.7. The van der Waals surface area contributed by atoms with Crippen LogP contribution in [0.5, 0.6) is 0 Å². The van der Waals surface area contributed by atoms with Gasteiger partial charge in [-0.3, -0.25) is 0 Å². The van der Waals surface area contributed by atoms with Gasteiger partial charge in [0.1, 0.15) is 0 Å². The minimum Gasteiger partial charge on any atom is -1.00 e. The molecular weight excluding hydrogens is 695 g/mol. The van der Waals surface area contributed by atoms with Gasteiger partial charge in [0, 0.05) is 0 Å². The van der Waals surface area contributed by atoms with Crippen molar-refractivity contribution < 1.29 is 47.2 Å². The van der Waals surface area contributed by atoms with Gasteiger partial charge in [0.25, 0.3) is 0 Å². The van der Waals surface area contributed by atoms with E-state index in [0.717, 1.165) is 6.42 Å². The Balaban J connectivity index is 0.00000186. The molecule has 0 radical (unpaired) electrons. The van der Waals surface area contributed by atoms with E-state index < -0.39 is 28.3 Å². The Morgan fingerprint density at radius 2 is 1.24 bits per heavy atom. The zero-order chi connectivity index (χ0) is 29.8. The maximum atomic E-state index is 2.60. The van der Waals surface area contributed by atoms with Gasteiger partial charge in [0.2, 0.25) is 0 Å². The third-order valence-electron chi connectivity index (χ3n) is 9.83. The number of hydrogen-bond donors (Lipinski definition) is 0. The summed E-state index contributed by atoms with van der Waals surface area (Å²) >= 11 is -0.571. The quantitative estimate of drug-likeness (QED) is 0.150. The van der Waals surface area contributed by atoms with Crippen molar-refractivity contribution in [3.63, 3.8) is 0 Å². The number of hydrogen-bond acceptors (Lipinski definition) is 0. The van der Waals surface area contributed by atoms with E-state index in [-0.39, 0.29) is 24.8 Å². The SMILES string of the molecule is CCCCC1=Cc2c(-c3cc4ccccc4c4ccccc34)cccc2C1c1cccc2c1[CH]([Zr+2][SiH](C)C)c1ccccc1-2.[Cl-].[Cl-]. The molecule has 4 heteroatoms. The second-order valence-electron chi connectivity index (χ2n) is 12.9. The monoisotopic (exact) mass is 730 g/mol. The van der Waals surface area contributed by atoms with E-state index in [4.69, 9.17) is 0 Å². The standard InChI is InChI=1S/C40H31.C2H7Si.2ClH.Zr/c1-2-3-12-28-25-39-34(37-23-26-13-4-6-15-29(26)31-17-8-9-18-33(31)37)20-11-22-36(39)40(28)35-21-10-19-32-30-16-7-5-14-27(30)24-38(32)35;1-3-2;;;/h4-11,13-25,40H,2-3,12H2,1H3;3H,1-2H3;2*1H;/q;;;;+2/p-2. The molecule has 0 N–H and O–H groups in total. The number of benzene rings is 6. The van der Waals surface area contributed by atoms with E-state index in [1.54, 1.807) is 22.3 Å². The van der Waals surface area contributed by atoms with Crippen molar-refractivity contribution in [2.75, 3.05) is 0 Å². The molecule has 6 aromatic rings. The normalized spacial score (nSPS) is 15.9. The van der Waals surface area contributed by atoms with Gasteiger partial charge in [-0.1, -0.05) is 6.07 Å². The van der Waals surface area contributed by atoms with Crippen molar-refractivity contribution >= 4 is 33.5 Å². The first-order valence-electron chi connectivity index (χ1n) is 16.4. The van der Waals surface area contributed by atoms with Crippen LogP contribution >= 0.6 is 0 Å². The average Bonchev–Trinajstić information content (AvgIpc) is 3.59. The Hall–Kier alpha value is -2.74. The Bertz CT molecular complexity index is 2100. The summed E-state index contributed by atoms with van der Waals surface area (Å²) in [5.74, 6) is -0.300. The fourth-order valence-corrected chi connectivity index (χ4v) is 17.9. The van der Waals surface area contributed by atoms with E-state index in [1.165, 1.54) is 67.8 Å². The Kier molecular flexibility index (Phi) is 9.94. The summed E-state index contributed by atoms with van der Waals surface area (Å²) < 4.78 is 0.678. The van der Waals surface area contributed by atoms with Crippen molar-refractivity contribution in [2.45, 2.75) is 48.8 Å². The average molecular weight is 733 g/mol. The summed E-state index contributed by atoms with van der Waals surface area (Å²) in [6.45, 7) is 7.51. The van der Waals surface area contributed by atoms with Gasteiger partial charge in [0.15, 0.2) is 0 Å². The summed E-state index contributed by atoms with van der Waals surface area (Å²) in [7, 11) is 0. The molecule has 0 aliphatic heterocycles. The van der Waals surface area contributed by atoms with Crippen LogP contribution in [-0.2, 0) is 22.4 Å². The van der Waals surface area contributed by atoms with Gasteiger partial charge in [-0.25, -0.2) is 0 Å². The second-order valence-corrected chi connectivity index (χ2v) is 27.9. The first-order chi connectivity index (χ1) is 21.6. The van der Waals surface area contributed by atoms with Crippen LogP contribution in [0.25, 0.3) is 49.9 Å². The fourth-order valence-electron chi connectivity index (χ4n) is 7.99. The maximum absolute atomic E-state index is 2.60. The predicted molar refractivity (Wildman–Crippen MR) is 189 cm³/mol.